The number of hydrogen-bond donors (Lipinski definition) is 2. The maximum atomic E-state index is 5.81. The van der Waals surface area contributed by atoms with Gasteiger partial charge in [-0.3, -0.25) is 0 Å². The van der Waals surface area contributed by atoms with Crippen molar-refractivity contribution in [3.63, 3.8) is 0 Å². The Morgan fingerprint density at radius 2 is 1.83 bits per heavy atom. The number of nitrogens with zero attached hydrogens (tertiary/aromatic N) is 3. The molecule has 1 saturated carbocycles. The summed E-state index contributed by atoms with van der Waals surface area (Å²) in [5.41, 5.74) is 0. The number of rotatable bonds is 5. The molecule has 0 atom stereocenters. The van der Waals surface area contributed by atoms with Gasteiger partial charge in [-0.15, -0.1) is 0 Å². The Morgan fingerprint density at radius 1 is 1.11 bits per heavy atom. The molecule has 0 saturated heterocycles. The molecule has 0 aromatic carbocycles. The van der Waals surface area contributed by atoms with Crippen LogP contribution in [0, 0.1) is 5.92 Å². The fraction of sp³-hybridized carbons (Fsp3) is 0.750. The van der Waals surface area contributed by atoms with E-state index in [1.807, 2.05) is 0 Å². The normalized spacial score (nSPS) is 16.6. The van der Waals surface area contributed by atoms with Gasteiger partial charge in [0, 0.05) is 13.6 Å². The zero-order valence-corrected chi connectivity index (χ0v) is 11.5. The Labute approximate surface area is 113 Å². The first-order valence-electron chi connectivity index (χ1n) is 6.61. The molecule has 2 rings (SSSR count). The van der Waals surface area contributed by atoms with Gasteiger partial charge in [-0.25, -0.2) is 0 Å². The molecule has 1 aliphatic carbocycles. The van der Waals surface area contributed by atoms with Crippen LogP contribution in [0.5, 0.6) is 0 Å². The highest BCUT2D eigenvalue weighted by Crippen LogP contribution is 2.26. The highest BCUT2D eigenvalue weighted by molar-refractivity contribution is 6.28. The van der Waals surface area contributed by atoms with Crippen molar-refractivity contribution in [3.05, 3.63) is 5.28 Å². The Bertz CT molecular complexity index is 379. The Balaban J connectivity index is 1.80. The highest BCUT2D eigenvalue weighted by atomic mass is 35.5. The molecule has 1 aromatic rings. The predicted molar refractivity (Wildman–Crippen MR) is 74.1 cm³/mol. The van der Waals surface area contributed by atoms with Gasteiger partial charge in [-0.1, -0.05) is 32.1 Å². The first-order valence-corrected chi connectivity index (χ1v) is 6.99. The third-order valence-electron chi connectivity index (χ3n) is 3.39. The van der Waals surface area contributed by atoms with Crippen molar-refractivity contribution in [2.75, 3.05) is 24.2 Å². The van der Waals surface area contributed by atoms with E-state index < -0.39 is 0 Å². The Morgan fingerprint density at radius 3 is 2.56 bits per heavy atom. The summed E-state index contributed by atoms with van der Waals surface area (Å²) in [6.07, 6.45) is 8.07. The van der Waals surface area contributed by atoms with Crippen molar-refractivity contribution in [2.45, 2.75) is 38.5 Å². The molecule has 0 spiro atoms. The van der Waals surface area contributed by atoms with Crippen LogP contribution < -0.4 is 10.6 Å². The van der Waals surface area contributed by atoms with Crippen LogP contribution >= 0.6 is 11.6 Å². The van der Waals surface area contributed by atoms with Crippen LogP contribution in [-0.4, -0.2) is 28.5 Å². The van der Waals surface area contributed by atoms with Crippen LogP contribution in [-0.2, 0) is 0 Å². The average Bonchev–Trinajstić information content (AvgIpc) is 2.39. The predicted octanol–water partition coefficient (Wildman–Crippen LogP) is 2.95. The van der Waals surface area contributed by atoms with Gasteiger partial charge in [0.2, 0.25) is 17.2 Å². The average molecular weight is 270 g/mol. The van der Waals surface area contributed by atoms with E-state index in [9.17, 15) is 0 Å². The number of anilines is 2. The van der Waals surface area contributed by atoms with E-state index in [1.54, 1.807) is 7.05 Å². The minimum absolute atomic E-state index is 0.217. The molecule has 0 aliphatic heterocycles. The Hall–Kier alpha value is -1.10. The minimum atomic E-state index is 0.217. The fourth-order valence-corrected chi connectivity index (χ4v) is 2.56. The van der Waals surface area contributed by atoms with Crippen LogP contribution in [0.1, 0.15) is 38.5 Å². The molecule has 0 unspecified atom stereocenters. The number of halogens is 1. The molecule has 2 N–H and O–H groups in total. The molecular weight excluding hydrogens is 250 g/mol. The minimum Gasteiger partial charge on any atom is -0.357 e. The van der Waals surface area contributed by atoms with Crippen molar-refractivity contribution in [3.8, 4) is 0 Å². The summed E-state index contributed by atoms with van der Waals surface area (Å²) in [5.74, 6) is 1.90. The van der Waals surface area contributed by atoms with Gasteiger partial charge < -0.3 is 10.6 Å². The fourth-order valence-electron chi connectivity index (χ4n) is 2.40. The molecule has 0 amide bonds. The molecule has 6 heteroatoms. The Kier molecular flexibility index (Phi) is 4.99. The summed E-state index contributed by atoms with van der Waals surface area (Å²) in [6, 6.07) is 0. The number of aromatic nitrogens is 3. The van der Waals surface area contributed by atoms with E-state index in [-0.39, 0.29) is 5.28 Å². The molecule has 0 bridgehead atoms. The van der Waals surface area contributed by atoms with Crippen LogP contribution in [0.15, 0.2) is 0 Å². The van der Waals surface area contributed by atoms with Crippen molar-refractivity contribution in [1.82, 2.24) is 15.0 Å². The summed E-state index contributed by atoms with van der Waals surface area (Å²) < 4.78 is 0. The molecule has 100 valence electrons. The van der Waals surface area contributed by atoms with Gasteiger partial charge in [0.05, 0.1) is 0 Å². The largest absolute Gasteiger partial charge is 0.357 e. The monoisotopic (exact) mass is 269 g/mol. The first kappa shape index (κ1) is 13.3. The first-order chi connectivity index (χ1) is 8.78. The lowest BCUT2D eigenvalue weighted by atomic mass is 9.87. The zero-order chi connectivity index (χ0) is 12.8. The van der Waals surface area contributed by atoms with Crippen LogP contribution in [0.4, 0.5) is 11.9 Å². The second-order valence-corrected chi connectivity index (χ2v) is 5.06. The SMILES string of the molecule is CNc1nc(Cl)nc(NCCC2CCCCC2)n1. The van der Waals surface area contributed by atoms with E-state index in [4.69, 9.17) is 11.6 Å². The summed E-state index contributed by atoms with van der Waals surface area (Å²) in [6.45, 7) is 0.897. The highest BCUT2D eigenvalue weighted by Gasteiger charge is 2.13. The zero-order valence-electron chi connectivity index (χ0n) is 10.7. The molecule has 1 fully saturated rings. The third-order valence-corrected chi connectivity index (χ3v) is 3.56. The molecule has 0 radical (unpaired) electrons. The van der Waals surface area contributed by atoms with Gasteiger partial charge in [-0.05, 0) is 23.9 Å². The van der Waals surface area contributed by atoms with Crippen molar-refractivity contribution >= 4 is 23.5 Å². The van der Waals surface area contributed by atoms with E-state index in [1.165, 1.54) is 38.5 Å². The summed E-state index contributed by atoms with van der Waals surface area (Å²) in [5, 5.41) is 6.30. The number of nitrogens with one attached hydrogen (secondary N) is 2. The molecule has 18 heavy (non-hydrogen) atoms. The van der Waals surface area contributed by atoms with Crippen LogP contribution in [0.25, 0.3) is 0 Å². The van der Waals surface area contributed by atoms with Gasteiger partial charge >= 0.3 is 0 Å². The van der Waals surface area contributed by atoms with Gasteiger partial charge in [0.25, 0.3) is 0 Å². The number of hydrogen-bond acceptors (Lipinski definition) is 5. The summed E-state index contributed by atoms with van der Waals surface area (Å²) >= 11 is 5.81. The standard InChI is InChI=1S/C12H20ClN5/c1-14-11-16-10(13)17-12(18-11)15-8-7-9-5-3-2-4-6-9/h9H,2-8H2,1H3,(H2,14,15,16,17,18). The molecule has 5 nitrogen and oxygen atoms in total. The smallest absolute Gasteiger partial charge is 0.228 e. The van der Waals surface area contributed by atoms with Gasteiger partial charge in [-0.2, -0.15) is 15.0 Å². The van der Waals surface area contributed by atoms with E-state index in [0.717, 1.165) is 12.5 Å². The maximum Gasteiger partial charge on any atom is 0.228 e. The van der Waals surface area contributed by atoms with Gasteiger partial charge in [0.15, 0.2) is 0 Å². The van der Waals surface area contributed by atoms with E-state index in [2.05, 4.69) is 25.6 Å². The van der Waals surface area contributed by atoms with Crippen molar-refractivity contribution < 1.29 is 0 Å². The molecule has 1 aliphatic rings. The van der Waals surface area contributed by atoms with Crippen molar-refractivity contribution in [1.29, 1.82) is 0 Å². The summed E-state index contributed by atoms with van der Waals surface area (Å²) in [7, 11) is 1.76. The molecule has 1 heterocycles. The third kappa shape index (κ3) is 3.98. The summed E-state index contributed by atoms with van der Waals surface area (Å²) in [4.78, 5) is 12.2. The van der Waals surface area contributed by atoms with Crippen molar-refractivity contribution in [2.24, 2.45) is 5.92 Å². The topological polar surface area (TPSA) is 62.7 Å². The maximum absolute atomic E-state index is 5.81. The van der Waals surface area contributed by atoms with E-state index in [0.29, 0.717) is 11.9 Å². The lowest BCUT2D eigenvalue weighted by Gasteiger charge is -2.21. The second-order valence-electron chi connectivity index (χ2n) is 4.72. The quantitative estimate of drug-likeness (QED) is 0.861. The molecule has 1 aromatic heterocycles. The lowest BCUT2D eigenvalue weighted by molar-refractivity contribution is 0.345. The lowest BCUT2D eigenvalue weighted by Crippen LogP contribution is -2.14. The second kappa shape index (κ2) is 6.73. The van der Waals surface area contributed by atoms with Gasteiger partial charge in [0.1, 0.15) is 0 Å². The van der Waals surface area contributed by atoms with E-state index >= 15 is 0 Å². The molecular formula is C12H20ClN5. The van der Waals surface area contributed by atoms with Crippen LogP contribution in [0.3, 0.4) is 0 Å². The van der Waals surface area contributed by atoms with Crippen LogP contribution in [0.2, 0.25) is 5.28 Å².